The maximum atomic E-state index is 10.0. The minimum absolute atomic E-state index is 0.175. The maximum Gasteiger partial charge on any atom is 0.111 e. The van der Waals surface area contributed by atoms with Crippen molar-refractivity contribution in [2.24, 2.45) is 5.18 Å². The standard InChI is InChI=1S/C6H4Cl2N2O/c7-4-1-3(10-11)2-5(8)6(4)9/h1-2H,9H2. The molecular formula is C6H4Cl2N2O. The summed E-state index contributed by atoms with van der Waals surface area (Å²) in [5.74, 6) is 0. The van der Waals surface area contributed by atoms with Gasteiger partial charge in [0, 0.05) is 0 Å². The van der Waals surface area contributed by atoms with E-state index in [-0.39, 0.29) is 21.4 Å². The van der Waals surface area contributed by atoms with E-state index in [9.17, 15) is 4.91 Å². The van der Waals surface area contributed by atoms with Crippen LogP contribution in [0.2, 0.25) is 10.0 Å². The van der Waals surface area contributed by atoms with Crippen molar-refractivity contribution in [1.82, 2.24) is 0 Å². The van der Waals surface area contributed by atoms with E-state index >= 15 is 0 Å². The molecule has 0 aliphatic carbocycles. The predicted molar refractivity (Wildman–Crippen MR) is 46.3 cm³/mol. The van der Waals surface area contributed by atoms with E-state index in [4.69, 9.17) is 28.9 Å². The number of anilines is 1. The van der Waals surface area contributed by atoms with Gasteiger partial charge in [0.1, 0.15) is 5.69 Å². The molecule has 0 spiro atoms. The van der Waals surface area contributed by atoms with Gasteiger partial charge in [0.05, 0.1) is 15.7 Å². The number of hydrogen-bond donors (Lipinski definition) is 1. The molecule has 0 amide bonds. The minimum Gasteiger partial charge on any atom is -0.396 e. The lowest BCUT2D eigenvalue weighted by atomic mass is 10.3. The predicted octanol–water partition coefficient (Wildman–Crippen LogP) is 2.97. The van der Waals surface area contributed by atoms with Crippen LogP contribution in [-0.4, -0.2) is 0 Å². The van der Waals surface area contributed by atoms with Crippen LogP contribution in [0.15, 0.2) is 17.3 Å². The number of nitrogen functional groups attached to an aromatic ring is 1. The minimum atomic E-state index is 0.175. The van der Waals surface area contributed by atoms with Crippen molar-refractivity contribution in [3.05, 3.63) is 27.1 Å². The summed E-state index contributed by atoms with van der Waals surface area (Å²) in [6.45, 7) is 0. The Kier molecular flexibility index (Phi) is 2.31. The number of benzene rings is 1. The molecular weight excluding hydrogens is 187 g/mol. The zero-order valence-corrected chi connectivity index (χ0v) is 6.86. The van der Waals surface area contributed by atoms with Crippen LogP contribution in [0.1, 0.15) is 0 Å². The smallest absolute Gasteiger partial charge is 0.111 e. The number of nitroso groups, excluding NO2 is 1. The van der Waals surface area contributed by atoms with E-state index in [0.717, 1.165) is 0 Å². The summed E-state index contributed by atoms with van der Waals surface area (Å²) in [4.78, 5) is 10.0. The van der Waals surface area contributed by atoms with Crippen molar-refractivity contribution < 1.29 is 0 Å². The van der Waals surface area contributed by atoms with Gasteiger partial charge in [-0.2, -0.15) is 0 Å². The molecule has 0 saturated carbocycles. The fraction of sp³-hybridized carbons (Fsp3) is 0. The Bertz CT molecular complexity index is 278. The fourth-order valence-corrected chi connectivity index (χ4v) is 1.10. The highest BCUT2D eigenvalue weighted by atomic mass is 35.5. The van der Waals surface area contributed by atoms with Gasteiger partial charge in [0.25, 0.3) is 0 Å². The second kappa shape index (κ2) is 3.07. The Morgan fingerprint density at radius 3 is 2.09 bits per heavy atom. The first-order chi connectivity index (χ1) is 5.15. The van der Waals surface area contributed by atoms with Crippen LogP contribution in [-0.2, 0) is 0 Å². The molecule has 1 aromatic carbocycles. The third kappa shape index (κ3) is 1.61. The lowest BCUT2D eigenvalue weighted by Crippen LogP contribution is -1.86. The lowest BCUT2D eigenvalue weighted by molar-refractivity contribution is 1.50. The Labute approximate surface area is 73.1 Å². The molecule has 0 unspecified atom stereocenters. The highest BCUT2D eigenvalue weighted by Crippen LogP contribution is 2.31. The molecule has 1 rings (SSSR count). The van der Waals surface area contributed by atoms with Gasteiger partial charge in [-0.3, -0.25) is 0 Å². The molecule has 0 fully saturated rings. The zero-order valence-electron chi connectivity index (χ0n) is 5.34. The molecule has 5 heteroatoms. The first-order valence-electron chi connectivity index (χ1n) is 2.73. The highest BCUT2D eigenvalue weighted by Gasteiger charge is 2.03. The number of nitrogens with zero attached hydrogens (tertiary/aromatic N) is 1. The summed E-state index contributed by atoms with van der Waals surface area (Å²) < 4.78 is 0. The van der Waals surface area contributed by atoms with Crippen molar-refractivity contribution in [3.8, 4) is 0 Å². The molecule has 11 heavy (non-hydrogen) atoms. The van der Waals surface area contributed by atoms with Gasteiger partial charge in [-0.25, -0.2) is 0 Å². The van der Waals surface area contributed by atoms with E-state index in [1.54, 1.807) is 0 Å². The van der Waals surface area contributed by atoms with Gasteiger partial charge < -0.3 is 5.73 Å². The Balaban J connectivity index is 3.31. The van der Waals surface area contributed by atoms with Crippen LogP contribution in [0, 0.1) is 4.91 Å². The average molecular weight is 191 g/mol. The quantitative estimate of drug-likeness (QED) is 0.547. The second-order valence-electron chi connectivity index (χ2n) is 1.91. The van der Waals surface area contributed by atoms with Gasteiger partial charge in [0.2, 0.25) is 0 Å². The van der Waals surface area contributed by atoms with E-state index in [2.05, 4.69) is 5.18 Å². The SMILES string of the molecule is Nc1c(Cl)cc(N=O)cc1Cl. The fourth-order valence-electron chi connectivity index (χ4n) is 0.624. The molecule has 3 nitrogen and oxygen atoms in total. The van der Waals surface area contributed by atoms with Crippen LogP contribution in [0.3, 0.4) is 0 Å². The molecule has 2 N–H and O–H groups in total. The number of nitrogens with two attached hydrogens (primary N) is 1. The third-order valence-electron chi connectivity index (χ3n) is 1.17. The molecule has 0 saturated heterocycles. The molecule has 0 atom stereocenters. The third-order valence-corrected chi connectivity index (χ3v) is 1.79. The number of hydrogen-bond acceptors (Lipinski definition) is 3. The summed E-state index contributed by atoms with van der Waals surface area (Å²) in [6, 6.07) is 2.71. The van der Waals surface area contributed by atoms with Crippen LogP contribution in [0.4, 0.5) is 11.4 Å². The lowest BCUT2D eigenvalue weighted by Gasteiger charge is -1.99. The summed E-state index contributed by atoms with van der Waals surface area (Å²) >= 11 is 11.2. The monoisotopic (exact) mass is 190 g/mol. The topological polar surface area (TPSA) is 55.4 Å². The molecule has 0 aromatic heterocycles. The van der Waals surface area contributed by atoms with E-state index in [0.29, 0.717) is 0 Å². The molecule has 0 aliphatic rings. The Hall–Kier alpha value is -0.800. The van der Waals surface area contributed by atoms with Crippen molar-refractivity contribution in [3.63, 3.8) is 0 Å². The molecule has 0 bridgehead atoms. The van der Waals surface area contributed by atoms with E-state index in [1.807, 2.05) is 0 Å². The first kappa shape index (κ1) is 8.30. The van der Waals surface area contributed by atoms with Gasteiger partial charge >= 0.3 is 0 Å². The van der Waals surface area contributed by atoms with Gasteiger partial charge in [-0.05, 0) is 17.3 Å². The van der Waals surface area contributed by atoms with Gasteiger partial charge in [0.15, 0.2) is 0 Å². The average Bonchev–Trinajstić information content (AvgIpc) is 1.99. The van der Waals surface area contributed by atoms with Crippen molar-refractivity contribution in [1.29, 1.82) is 0 Å². The van der Waals surface area contributed by atoms with Crippen LogP contribution in [0.25, 0.3) is 0 Å². The van der Waals surface area contributed by atoms with Crippen LogP contribution in [0.5, 0.6) is 0 Å². The molecule has 1 aromatic rings. The number of halogens is 2. The Morgan fingerprint density at radius 2 is 1.73 bits per heavy atom. The van der Waals surface area contributed by atoms with Crippen LogP contribution < -0.4 is 5.73 Å². The normalized spacial score (nSPS) is 9.64. The van der Waals surface area contributed by atoms with E-state index < -0.39 is 0 Å². The zero-order chi connectivity index (χ0) is 8.43. The van der Waals surface area contributed by atoms with Gasteiger partial charge in [-0.1, -0.05) is 23.2 Å². The molecule has 0 aliphatic heterocycles. The summed E-state index contributed by atoms with van der Waals surface area (Å²) in [5.41, 5.74) is 5.84. The summed E-state index contributed by atoms with van der Waals surface area (Å²) in [5, 5.41) is 3.14. The molecule has 58 valence electrons. The van der Waals surface area contributed by atoms with E-state index in [1.165, 1.54) is 12.1 Å². The maximum absolute atomic E-state index is 10.0. The van der Waals surface area contributed by atoms with Gasteiger partial charge in [-0.15, -0.1) is 4.91 Å². The summed E-state index contributed by atoms with van der Waals surface area (Å²) in [6.07, 6.45) is 0. The molecule has 0 radical (unpaired) electrons. The Morgan fingerprint density at radius 1 is 1.27 bits per heavy atom. The molecule has 0 heterocycles. The van der Waals surface area contributed by atoms with Crippen molar-refractivity contribution in [2.75, 3.05) is 5.73 Å². The van der Waals surface area contributed by atoms with Crippen LogP contribution >= 0.6 is 23.2 Å². The second-order valence-corrected chi connectivity index (χ2v) is 2.73. The summed E-state index contributed by atoms with van der Waals surface area (Å²) in [7, 11) is 0. The first-order valence-corrected chi connectivity index (χ1v) is 3.48. The van der Waals surface area contributed by atoms with Crippen molar-refractivity contribution >= 4 is 34.6 Å². The largest absolute Gasteiger partial charge is 0.396 e. The number of rotatable bonds is 1. The highest BCUT2D eigenvalue weighted by molar-refractivity contribution is 6.39. The van der Waals surface area contributed by atoms with Crippen molar-refractivity contribution in [2.45, 2.75) is 0 Å².